The van der Waals surface area contributed by atoms with Crippen molar-refractivity contribution in [3.63, 3.8) is 0 Å². The number of methoxy groups -OCH3 is 1. The number of ether oxygens (including phenoxy) is 2. The van der Waals surface area contributed by atoms with Gasteiger partial charge >= 0.3 is 12.1 Å². The van der Waals surface area contributed by atoms with Crippen molar-refractivity contribution in [2.45, 2.75) is 45.4 Å². The minimum atomic E-state index is -3.78. The van der Waals surface area contributed by atoms with Crippen LogP contribution in [0, 0.1) is 0 Å². The summed E-state index contributed by atoms with van der Waals surface area (Å²) in [6.45, 7) is 6.27. The average Bonchev–Trinajstić information content (AvgIpc) is 2.19. The smallest absolute Gasteiger partial charge is 0.408 e. The first-order valence-electron chi connectivity index (χ1n) is 5.81. The number of hydrogen-bond acceptors (Lipinski definition) is 7. The summed E-state index contributed by atoms with van der Waals surface area (Å²) in [6.07, 6.45) is -1.17. The zero-order valence-electron chi connectivity index (χ0n) is 12.4. The van der Waals surface area contributed by atoms with E-state index in [-0.39, 0.29) is 0 Å². The summed E-state index contributed by atoms with van der Waals surface area (Å²) < 4.78 is 36.2. The van der Waals surface area contributed by atoms with Crippen LogP contribution in [0.2, 0.25) is 0 Å². The van der Waals surface area contributed by atoms with Crippen molar-refractivity contribution in [1.82, 2.24) is 5.32 Å². The molecule has 1 N–H and O–H groups in total. The van der Waals surface area contributed by atoms with E-state index in [2.05, 4.69) is 14.2 Å². The lowest BCUT2D eigenvalue weighted by atomic mass is 10.2. The van der Waals surface area contributed by atoms with Gasteiger partial charge in [0.1, 0.15) is 11.7 Å². The van der Waals surface area contributed by atoms with E-state index in [0.29, 0.717) is 0 Å². The minimum absolute atomic E-state index is 0.758. The van der Waals surface area contributed by atoms with E-state index in [9.17, 15) is 18.0 Å². The quantitative estimate of drug-likeness (QED) is 0.579. The lowest BCUT2D eigenvalue weighted by Gasteiger charge is -2.25. The van der Waals surface area contributed by atoms with Crippen molar-refractivity contribution in [3.8, 4) is 0 Å². The maximum Gasteiger partial charge on any atom is 0.408 e. The van der Waals surface area contributed by atoms with E-state index in [1.165, 1.54) is 6.92 Å². The predicted molar refractivity (Wildman–Crippen MR) is 70.6 cm³/mol. The monoisotopic (exact) mass is 311 g/mol. The highest BCUT2D eigenvalue weighted by atomic mass is 32.2. The molecule has 0 saturated heterocycles. The first-order chi connectivity index (χ1) is 8.85. The maximum absolute atomic E-state index is 11.6. The van der Waals surface area contributed by atoms with E-state index in [1.54, 1.807) is 20.8 Å². The molecule has 0 saturated carbocycles. The molecule has 0 aromatic rings. The van der Waals surface area contributed by atoms with Crippen molar-refractivity contribution in [1.29, 1.82) is 0 Å². The third kappa shape index (κ3) is 7.95. The SMILES string of the molecule is COC(=O)C(NC(=O)OC(C)(C)C)C(C)OS(C)(=O)=O. The van der Waals surface area contributed by atoms with Gasteiger partial charge in [-0.05, 0) is 27.7 Å². The molecule has 0 heterocycles. The van der Waals surface area contributed by atoms with Gasteiger partial charge in [-0.1, -0.05) is 0 Å². The number of alkyl carbamates (subject to hydrolysis) is 1. The van der Waals surface area contributed by atoms with Crippen LogP contribution in [0.25, 0.3) is 0 Å². The molecule has 0 aliphatic heterocycles. The van der Waals surface area contributed by atoms with Gasteiger partial charge in [-0.15, -0.1) is 0 Å². The molecule has 0 radical (unpaired) electrons. The topological polar surface area (TPSA) is 108 Å². The van der Waals surface area contributed by atoms with Crippen LogP contribution in [0.5, 0.6) is 0 Å². The first kappa shape index (κ1) is 18.7. The minimum Gasteiger partial charge on any atom is -0.467 e. The number of hydrogen-bond donors (Lipinski definition) is 1. The van der Waals surface area contributed by atoms with Crippen molar-refractivity contribution in [2.24, 2.45) is 0 Å². The predicted octanol–water partition coefficient (Wildman–Crippen LogP) is 0.417. The van der Waals surface area contributed by atoms with Crippen molar-refractivity contribution in [2.75, 3.05) is 13.4 Å². The highest BCUT2D eigenvalue weighted by Gasteiger charge is 2.32. The molecule has 0 spiro atoms. The van der Waals surface area contributed by atoms with E-state index < -0.39 is 39.9 Å². The summed E-state index contributed by atoms with van der Waals surface area (Å²) in [5.74, 6) is -0.841. The van der Waals surface area contributed by atoms with E-state index in [4.69, 9.17) is 4.74 Å². The fraction of sp³-hybridized carbons (Fsp3) is 0.818. The van der Waals surface area contributed by atoms with E-state index in [0.717, 1.165) is 13.4 Å². The van der Waals surface area contributed by atoms with Crippen molar-refractivity contribution < 1.29 is 31.7 Å². The van der Waals surface area contributed by atoms with E-state index in [1.807, 2.05) is 0 Å². The summed E-state index contributed by atoms with van der Waals surface area (Å²) in [7, 11) is -2.67. The number of carbonyl (C=O) groups is 2. The van der Waals surface area contributed by atoms with Crippen LogP contribution in [-0.4, -0.2) is 51.6 Å². The highest BCUT2D eigenvalue weighted by molar-refractivity contribution is 7.86. The molecule has 8 nitrogen and oxygen atoms in total. The van der Waals surface area contributed by atoms with Crippen molar-refractivity contribution >= 4 is 22.2 Å². The Morgan fingerprint density at radius 2 is 1.70 bits per heavy atom. The Morgan fingerprint density at radius 1 is 1.20 bits per heavy atom. The fourth-order valence-corrected chi connectivity index (χ4v) is 1.92. The first-order valence-corrected chi connectivity index (χ1v) is 7.63. The molecule has 0 aromatic carbocycles. The summed E-state index contributed by atoms with van der Waals surface area (Å²) in [4.78, 5) is 23.2. The largest absolute Gasteiger partial charge is 0.467 e. The molecular weight excluding hydrogens is 290 g/mol. The third-order valence-corrected chi connectivity index (χ3v) is 2.58. The van der Waals surface area contributed by atoms with Crippen LogP contribution in [0.4, 0.5) is 4.79 Å². The number of rotatable bonds is 5. The van der Waals surface area contributed by atoms with Crippen LogP contribution in [0.3, 0.4) is 0 Å². The second kappa shape index (κ2) is 6.89. The molecule has 0 aliphatic rings. The standard InChI is InChI=1S/C11H21NO7S/c1-7(19-20(6,15)16)8(9(13)17-5)12-10(14)18-11(2,3)4/h7-8H,1-6H3,(H,12,14). The van der Waals surface area contributed by atoms with Gasteiger partial charge in [0.25, 0.3) is 10.1 Å². The molecule has 0 bridgehead atoms. The van der Waals surface area contributed by atoms with Gasteiger partial charge in [0.05, 0.1) is 13.4 Å². The Bertz CT molecular complexity index is 452. The maximum atomic E-state index is 11.6. The lowest BCUT2D eigenvalue weighted by molar-refractivity contribution is -0.145. The van der Waals surface area contributed by atoms with Gasteiger partial charge in [0.2, 0.25) is 0 Å². The second-order valence-corrected chi connectivity index (χ2v) is 6.75. The molecule has 0 rings (SSSR count). The third-order valence-electron chi connectivity index (χ3n) is 1.92. The molecule has 0 fully saturated rings. The Labute approximate surface area is 118 Å². The van der Waals surface area contributed by atoms with Crippen LogP contribution in [-0.2, 0) is 28.6 Å². The lowest BCUT2D eigenvalue weighted by Crippen LogP contribution is -2.50. The molecule has 1 amide bonds. The Morgan fingerprint density at radius 3 is 2.05 bits per heavy atom. The van der Waals surface area contributed by atoms with Gasteiger partial charge < -0.3 is 14.8 Å². The van der Waals surface area contributed by atoms with Crippen LogP contribution < -0.4 is 5.32 Å². The number of carbonyl (C=O) groups excluding carboxylic acids is 2. The molecule has 9 heteroatoms. The molecule has 2 atom stereocenters. The van der Waals surface area contributed by atoms with Crippen LogP contribution >= 0.6 is 0 Å². The van der Waals surface area contributed by atoms with Gasteiger partial charge in [-0.3, -0.25) is 4.18 Å². The van der Waals surface area contributed by atoms with Gasteiger partial charge in [0.15, 0.2) is 6.04 Å². The summed E-state index contributed by atoms with van der Waals surface area (Å²) in [6, 6.07) is -1.30. The Hall–Kier alpha value is -1.35. The second-order valence-electron chi connectivity index (χ2n) is 5.15. The van der Waals surface area contributed by atoms with Crippen molar-refractivity contribution in [3.05, 3.63) is 0 Å². The summed E-state index contributed by atoms with van der Waals surface area (Å²) >= 11 is 0. The number of nitrogens with one attached hydrogen (secondary N) is 1. The normalized spacial score (nSPS) is 15.1. The molecule has 20 heavy (non-hydrogen) atoms. The summed E-state index contributed by atoms with van der Waals surface area (Å²) in [5.41, 5.74) is -0.758. The Kier molecular flexibility index (Phi) is 6.42. The van der Waals surface area contributed by atoms with Gasteiger partial charge in [-0.25, -0.2) is 9.59 Å². The van der Waals surface area contributed by atoms with Crippen LogP contribution in [0.15, 0.2) is 0 Å². The fourth-order valence-electron chi connectivity index (χ4n) is 1.26. The van der Waals surface area contributed by atoms with Crippen LogP contribution in [0.1, 0.15) is 27.7 Å². The molecule has 0 aromatic heterocycles. The molecular formula is C11H21NO7S. The number of amides is 1. The Balaban J connectivity index is 4.91. The number of esters is 1. The van der Waals surface area contributed by atoms with E-state index >= 15 is 0 Å². The van der Waals surface area contributed by atoms with Gasteiger partial charge in [-0.2, -0.15) is 8.42 Å². The van der Waals surface area contributed by atoms with Gasteiger partial charge in [0, 0.05) is 0 Å². The molecule has 118 valence electrons. The zero-order valence-corrected chi connectivity index (χ0v) is 13.2. The molecule has 0 aliphatic carbocycles. The highest BCUT2D eigenvalue weighted by Crippen LogP contribution is 2.09. The molecule has 2 unspecified atom stereocenters. The summed E-state index contributed by atoms with van der Waals surface area (Å²) in [5, 5.41) is 2.22. The zero-order chi connectivity index (χ0) is 16.1. The average molecular weight is 311 g/mol.